The fourth-order valence-corrected chi connectivity index (χ4v) is 1.83. The van der Waals surface area contributed by atoms with Crippen LogP contribution >= 0.6 is 23.4 Å². The maximum atomic E-state index is 5.93. The largest absolute Gasteiger partial charge is 0.305 e. The van der Waals surface area contributed by atoms with Gasteiger partial charge in [0.2, 0.25) is 0 Å². The fraction of sp³-hybridized carbons (Fsp3) is 0.333. The SMILES string of the molecule is CONCc1cc(Cl)cc(SC)c1. The zero-order chi connectivity index (χ0) is 9.68. The number of hydrogen-bond donors (Lipinski definition) is 1. The minimum Gasteiger partial charge on any atom is -0.305 e. The Labute approximate surface area is 87.6 Å². The number of nitrogens with one attached hydrogen (secondary N) is 1. The van der Waals surface area contributed by atoms with Crippen molar-refractivity contribution in [3.05, 3.63) is 28.8 Å². The van der Waals surface area contributed by atoms with Crippen LogP contribution in [-0.4, -0.2) is 13.4 Å². The Kier molecular flexibility index (Phi) is 4.59. The third-order valence-electron chi connectivity index (χ3n) is 1.59. The summed E-state index contributed by atoms with van der Waals surface area (Å²) in [4.78, 5) is 5.93. The van der Waals surface area contributed by atoms with Gasteiger partial charge in [0.15, 0.2) is 0 Å². The van der Waals surface area contributed by atoms with E-state index in [0.717, 1.165) is 10.6 Å². The van der Waals surface area contributed by atoms with Crippen LogP contribution in [0.4, 0.5) is 0 Å². The molecule has 0 aliphatic rings. The maximum Gasteiger partial charge on any atom is 0.0572 e. The van der Waals surface area contributed by atoms with Crippen LogP contribution in [0.2, 0.25) is 5.02 Å². The number of hydroxylamine groups is 1. The lowest BCUT2D eigenvalue weighted by molar-refractivity contribution is 0.0867. The van der Waals surface area contributed by atoms with Gasteiger partial charge in [-0.1, -0.05) is 11.6 Å². The predicted molar refractivity (Wildman–Crippen MR) is 57.1 cm³/mol. The minimum absolute atomic E-state index is 0.671. The van der Waals surface area contributed by atoms with Crippen molar-refractivity contribution in [2.75, 3.05) is 13.4 Å². The molecule has 0 atom stereocenters. The molecule has 0 radical (unpaired) electrons. The molecule has 0 heterocycles. The Bertz CT molecular complexity index is 280. The van der Waals surface area contributed by atoms with Gasteiger partial charge in [-0.3, -0.25) is 0 Å². The van der Waals surface area contributed by atoms with Crippen molar-refractivity contribution in [1.82, 2.24) is 5.48 Å². The van der Waals surface area contributed by atoms with E-state index in [9.17, 15) is 0 Å². The highest BCUT2D eigenvalue weighted by Crippen LogP contribution is 2.21. The average molecular weight is 218 g/mol. The Hall–Kier alpha value is -0.220. The van der Waals surface area contributed by atoms with Gasteiger partial charge in [-0.15, -0.1) is 11.8 Å². The molecule has 72 valence electrons. The zero-order valence-corrected chi connectivity index (χ0v) is 9.21. The van der Waals surface area contributed by atoms with Crippen LogP contribution in [0.25, 0.3) is 0 Å². The van der Waals surface area contributed by atoms with Gasteiger partial charge in [-0.25, -0.2) is 0 Å². The molecule has 0 amide bonds. The number of benzene rings is 1. The van der Waals surface area contributed by atoms with Crippen molar-refractivity contribution in [1.29, 1.82) is 0 Å². The Morgan fingerprint density at radius 3 is 2.85 bits per heavy atom. The number of halogens is 1. The quantitative estimate of drug-likeness (QED) is 0.619. The van der Waals surface area contributed by atoms with E-state index in [0.29, 0.717) is 6.54 Å². The van der Waals surface area contributed by atoms with Gasteiger partial charge < -0.3 is 4.84 Å². The molecule has 0 unspecified atom stereocenters. The van der Waals surface area contributed by atoms with Gasteiger partial charge in [0.1, 0.15) is 0 Å². The summed E-state index contributed by atoms with van der Waals surface area (Å²) in [5.74, 6) is 0. The first-order valence-corrected chi connectivity index (χ1v) is 5.46. The van der Waals surface area contributed by atoms with Crippen LogP contribution in [-0.2, 0) is 11.4 Å². The highest BCUT2D eigenvalue weighted by molar-refractivity contribution is 7.98. The molecule has 1 aromatic rings. The van der Waals surface area contributed by atoms with Crippen LogP contribution in [0.15, 0.2) is 23.1 Å². The van der Waals surface area contributed by atoms with Crippen LogP contribution in [0, 0.1) is 0 Å². The Morgan fingerprint density at radius 1 is 1.46 bits per heavy atom. The minimum atomic E-state index is 0.671. The standard InChI is InChI=1S/C9H12ClNOS/c1-12-11-6-7-3-8(10)5-9(4-7)13-2/h3-5,11H,6H2,1-2H3. The first kappa shape index (κ1) is 10.9. The zero-order valence-electron chi connectivity index (χ0n) is 7.63. The van der Waals surface area contributed by atoms with Crippen LogP contribution in [0.5, 0.6) is 0 Å². The highest BCUT2D eigenvalue weighted by Gasteiger charge is 1.98. The maximum absolute atomic E-state index is 5.93. The predicted octanol–water partition coefficient (Wildman–Crippen LogP) is 2.71. The Balaban J connectivity index is 2.76. The van der Waals surface area contributed by atoms with Gasteiger partial charge in [0.05, 0.1) is 7.11 Å². The molecule has 13 heavy (non-hydrogen) atoms. The van der Waals surface area contributed by atoms with E-state index in [4.69, 9.17) is 16.4 Å². The van der Waals surface area contributed by atoms with Crippen molar-refractivity contribution in [3.8, 4) is 0 Å². The fourth-order valence-electron chi connectivity index (χ4n) is 0.996. The molecule has 0 fully saturated rings. The molecule has 1 aromatic carbocycles. The molecule has 2 nitrogen and oxygen atoms in total. The first-order valence-electron chi connectivity index (χ1n) is 3.85. The van der Waals surface area contributed by atoms with Gasteiger partial charge in [0, 0.05) is 16.5 Å². The first-order chi connectivity index (χ1) is 6.26. The summed E-state index contributed by atoms with van der Waals surface area (Å²) in [5.41, 5.74) is 3.90. The van der Waals surface area contributed by atoms with E-state index in [1.54, 1.807) is 18.9 Å². The molecule has 1 N–H and O–H groups in total. The number of thioether (sulfide) groups is 1. The molecule has 0 aromatic heterocycles. The summed E-state index contributed by atoms with van der Waals surface area (Å²) < 4.78 is 0. The molecule has 0 bridgehead atoms. The van der Waals surface area contributed by atoms with Crippen LogP contribution in [0.3, 0.4) is 0 Å². The van der Waals surface area contributed by atoms with Crippen molar-refractivity contribution in [2.24, 2.45) is 0 Å². The highest BCUT2D eigenvalue weighted by atomic mass is 35.5. The molecular weight excluding hydrogens is 206 g/mol. The second kappa shape index (κ2) is 5.50. The summed E-state index contributed by atoms with van der Waals surface area (Å²) in [6, 6.07) is 5.96. The molecule has 0 aliphatic heterocycles. The Morgan fingerprint density at radius 2 is 2.23 bits per heavy atom. The van der Waals surface area contributed by atoms with E-state index in [1.807, 2.05) is 18.4 Å². The van der Waals surface area contributed by atoms with Gasteiger partial charge in [-0.2, -0.15) is 5.48 Å². The summed E-state index contributed by atoms with van der Waals surface area (Å²) in [6.07, 6.45) is 2.03. The van der Waals surface area contributed by atoms with Crippen molar-refractivity contribution in [2.45, 2.75) is 11.4 Å². The summed E-state index contributed by atoms with van der Waals surface area (Å²) in [5, 5.41) is 0.764. The third-order valence-corrected chi connectivity index (χ3v) is 2.51. The number of rotatable bonds is 4. The summed E-state index contributed by atoms with van der Waals surface area (Å²) >= 11 is 7.60. The molecule has 0 saturated carbocycles. The summed E-state index contributed by atoms with van der Waals surface area (Å²) in [6.45, 7) is 0.671. The second-order valence-corrected chi connectivity index (χ2v) is 3.84. The van der Waals surface area contributed by atoms with Gasteiger partial charge >= 0.3 is 0 Å². The lowest BCUT2D eigenvalue weighted by atomic mass is 10.2. The number of hydrogen-bond acceptors (Lipinski definition) is 3. The van der Waals surface area contributed by atoms with Crippen LogP contribution in [0.1, 0.15) is 5.56 Å². The lowest BCUT2D eigenvalue weighted by Crippen LogP contribution is -2.10. The monoisotopic (exact) mass is 217 g/mol. The van der Waals surface area contributed by atoms with Crippen LogP contribution < -0.4 is 5.48 Å². The third kappa shape index (κ3) is 3.56. The lowest BCUT2D eigenvalue weighted by Gasteiger charge is -2.04. The molecule has 0 aliphatic carbocycles. The van der Waals surface area contributed by atoms with E-state index >= 15 is 0 Å². The van der Waals surface area contributed by atoms with Crippen molar-refractivity contribution < 1.29 is 4.84 Å². The average Bonchev–Trinajstić information content (AvgIpc) is 2.14. The topological polar surface area (TPSA) is 21.3 Å². The molecule has 0 spiro atoms. The summed E-state index contributed by atoms with van der Waals surface area (Å²) in [7, 11) is 1.60. The molecule has 4 heteroatoms. The van der Waals surface area contributed by atoms with E-state index < -0.39 is 0 Å². The van der Waals surface area contributed by atoms with Gasteiger partial charge in [0.25, 0.3) is 0 Å². The van der Waals surface area contributed by atoms with Crippen molar-refractivity contribution in [3.63, 3.8) is 0 Å². The van der Waals surface area contributed by atoms with E-state index in [1.165, 1.54) is 4.90 Å². The molecule has 1 rings (SSSR count). The normalized spacial score (nSPS) is 10.4. The molecular formula is C9H12ClNOS. The van der Waals surface area contributed by atoms with E-state index in [-0.39, 0.29) is 0 Å². The molecule has 0 saturated heterocycles. The van der Waals surface area contributed by atoms with Gasteiger partial charge in [-0.05, 0) is 30.0 Å². The van der Waals surface area contributed by atoms with Crippen molar-refractivity contribution >= 4 is 23.4 Å². The van der Waals surface area contributed by atoms with E-state index in [2.05, 4.69) is 11.5 Å². The smallest absolute Gasteiger partial charge is 0.0572 e. The second-order valence-electron chi connectivity index (χ2n) is 2.52.